The van der Waals surface area contributed by atoms with Crippen molar-refractivity contribution in [1.29, 1.82) is 0 Å². The number of benzene rings is 2. The first kappa shape index (κ1) is 22.1. The summed E-state index contributed by atoms with van der Waals surface area (Å²) in [5, 5.41) is 23.4. The van der Waals surface area contributed by atoms with Crippen LogP contribution in [0.4, 0.5) is 0 Å². The van der Waals surface area contributed by atoms with E-state index in [4.69, 9.17) is 11.6 Å². The number of carbonyl (C=O) groups excluding carboxylic acids is 1. The van der Waals surface area contributed by atoms with E-state index in [1.807, 2.05) is 24.3 Å². The lowest BCUT2D eigenvalue weighted by Gasteiger charge is -2.09. The van der Waals surface area contributed by atoms with Gasteiger partial charge in [0.25, 0.3) is 5.91 Å². The quantitative estimate of drug-likeness (QED) is 0.271. The number of hydrogen-bond acceptors (Lipinski definition) is 7. The molecule has 1 amide bonds. The fourth-order valence-electron chi connectivity index (χ4n) is 2.02. The summed E-state index contributed by atoms with van der Waals surface area (Å²) < 4.78 is 2.49. The van der Waals surface area contributed by atoms with E-state index in [0.717, 1.165) is 23.9 Å². The molecule has 0 aliphatic carbocycles. The van der Waals surface area contributed by atoms with E-state index in [2.05, 4.69) is 36.7 Å². The summed E-state index contributed by atoms with van der Waals surface area (Å²) in [6.45, 7) is 0. The van der Waals surface area contributed by atoms with Crippen molar-refractivity contribution < 1.29 is 15.0 Å². The van der Waals surface area contributed by atoms with E-state index < -0.39 is 0 Å². The van der Waals surface area contributed by atoms with Crippen molar-refractivity contribution in [2.75, 3.05) is 5.75 Å². The molecule has 2 aromatic carbocycles. The molecule has 0 radical (unpaired) electrons. The maximum Gasteiger partial charge on any atom is 0.323 e. The molecule has 0 unspecified atom stereocenters. The second-order valence-corrected chi connectivity index (χ2v) is 10.4. The third kappa shape index (κ3) is 7.31. The van der Waals surface area contributed by atoms with Crippen molar-refractivity contribution in [2.45, 2.75) is 14.4 Å². The van der Waals surface area contributed by atoms with Gasteiger partial charge in [0.1, 0.15) is 0 Å². The topological polar surface area (TPSA) is 91.6 Å². The van der Waals surface area contributed by atoms with Crippen LogP contribution in [-0.4, -0.2) is 23.0 Å². The fraction of sp³-hybridized carbons (Fsp3) is 0.111. The van der Waals surface area contributed by atoms with Crippen LogP contribution in [0.3, 0.4) is 0 Å². The summed E-state index contributed by atoms with van der Waals surface area (Å²) in [7, 11) is 0. The number of H-pyrrole nitrogens is 1. The molecule has 0 spiro atoms. The number of carbonyl (C=O) groups is 1. The summed E-state index contributed by atoms with van der Waals surface area (Å²) in [6.07, 6.45) is 1.33. The molecule has 150 valence electrons. The average Bonchev–Trinajstić information content (AvgIpc) is 3.16. The van der Waals surface area contributed by atoms with E-state index in [1.54, 1.807) is 23.9 Å². The van der Waals surface area contributed by atoms with E-state index in [1.165, 1.54) is 40.9 Å². The number of hydrazone groups is 1. The van der Waals surface area contributed by atoms with E-state index in [0.29, 0.717) is 5.56 Å². The van der Waals surface area contributed by atoms with Crippen LogP contribution in [-0.2, 0) is 10.5 Å². The highest BCUT2D eigenvalue weighted by atomic mass is 79.9. The third-order valence-corrected chi connectivity index (χ3v) is 7.46. The van der Waals surface area contributed by atoms with Gasteiger partial charge in [-0.25, -0.2) is 5.43 Å². The van der Waals surface area contributed by atoms with Crippen molar-refractivity contribution in [2.24, 2.45) is 5.10 Å². The van der Waals surface area contributed by atoms with Gasteiger partial charge >= 0.3 is 4.34 Å². The Kier molecular flexibility index (Phi) is 8.37. The average molecular weight is 530 g/mol. The highest BCUT2D eigenvalue weighted by Gasteiger charge is 2.13. The van der Waals surface area contributed by atoms with Crippen molar-refractivity contribution in [3.05, 3.63) is 63.1 Å². The molecule has 1 aromatic heterocycles. The monoisotopic (exact) mass is 528 g/mol. The SMILES string of the molecule is O=C(CSc1n[nH+]c(SCc2ccc(Cl)cc2)s1)N/N=C/c1cc(Br)ccc1[O-]. The van der Waals surface area contributed by atoms with Gasteiger partial charge in [-0.15, -0.1) is 0 Å². The Morgan fingerprint density at radius 1 is 1.31 bits per heavy atom. The Morgan fingerprint density at radius 3 is 2.90 bits per heavy atom. The number of rotatable bonds is 8. The molecule has 3 rings (SSSR count). The van der Waals surface area contributed by atoms with Crippen LogP contribution in [0.15, 0.2) is 60.7 Å². The summed E-state index contributed by atoms with van der Waals surface area (Å²) in [4.78, 5) is 11.9. The molecule has 0 saturated carbocycles. The van der Waals surface area contributed by atoms with E-state index >= 15 is 0 Å². The van der Waals surface area contributed by atoms with Gasteiger partial charge in [-0.3, -0.25) is 4.79 Å². The maximum absolute atomic E-state index is 11.9. The van der Waals surface area contributed by atoms with Gasteiger partial charge in [0.2, 0.25) is 4.34 Å². The van der Waals surface area contributed by atoms with Gasteiger partial charge < -0.3 is 5.11 Å². The van der Waals surface area contributed by atoms with Crippen LogP contribution in [0.25, 0.3) is 0 Å². The van der Waals surface area contributed by atoms with Crippen LogP contribution in [0.1, 0.15) is 11.1 Å². The predicted octanol–water partition coefficient (Wildman–Crippen LogP) is 3.98. The molecule has 0 bridgehead atoms. The molecule has 0 aliphatic heterocycles. The molecular formula is C18H14BrClN4O2S3. The molecule has 11 heteroatoms. The summed E-state index contributed by atoms with van der Waals surface area (Å²) in [5.41, 5.74) is 3.97. The number of nitrogens with one attached hydrogen (secondary N) is 2. The third-order valence-electron chi connectivity index (χ3n) is 3.39. The normalized spacial score (nSPS) is 11.1. The number of aromatic nitrogens is 2. The van der Waals surface area contributed by atoms with Gasteiger partial charge in [0.15, 0.2) is 0 Å². The lowest BCUT2D eigenvalue weighted by Crippen LogP contribution is -2.19. The zero-order chi connectivity index (χ0) is 20.6. The zero-order valence-electron chi connectivity index (χ0n) is 14.7. The number of thioether (sulfide) groups is 2. The number of halogens is 2. The van der Waals surface area contributed by atoms with E-state index in [9.17, 15) is 9.90 Å². The molecule has 0 aliphatic rings. The number of aromatic amines is 1. The number of nitrogens with zero attached hydrogens (tertiary/aromatic N) is 2. The van der Waals surface area contributed by atoms with Crippen molar-refractivity contribution in [1.82, 2.24) is 10.5 Å². The van der Waals surface area contributed by atoms with Crippen LogP contribution in [0.5, 0.6) is 5.75 Å². The molecule has 29 heavy (non-hydrogen) atoms. The summed E-state index contributed by atoms with van der Waals surface area (Å²) in [6, 6.07) is 12.4. The molecule has 0 atom stereocenters. The lowest BCUT2D eigenvalue weighted by molar-refractivity contribution is -0.492. The van der Waals surface area contributed by atoms with E-state index in [-0.39, 0.29) is 17.4 Å². The largest absolute Gasteiger partial charge is 0.872 e. The van der Waals surface area contributed by atoms with Gasteiger partial charge in [-0.05, 0) is 58.5 Å². The highest BCUT2D eigenvalue weighted by molar-refractivity contribution is 9.10. The first-order chi connectivity index (χ1) is 14.0. The Labute approximate surface area is 193 Å². The predicted molar refractivity (Wildman–Crippen MR) is 120 cm³/mol. The van der Waals surface area contributed by atoms with Crippen molar-refractivity contribution in [3.63, 3.8) is 0 Å². The van der Waals surface area contributed by atoms with Gasteiger partial charge in [-0.1, -0.05) is 68.3 Å². The first-order valence-electron chi connectivity index (χ1n) is 8.16. The Hall–Kier alpha value is -1.59. The molecular weight excluding hydrogens is 516 g/mol. The molecule has 2 N–H and O–H groups in total. The van der Waals surface area contributed by atoms with Crippen LogP contribution in [0, 0.1) is 0 Å². The second kappa shape index (κ2) is 11.0. The summed E-state index contributed by atoms with van der Waals surface area (Å²) >= 11 is 13.6. The Balaban J connectivity index is 1.43. The first-order valence-corrected chi connectivity index (χ1v) is 12.1. The molecule has 3 aromatic rings. The van der Waals surface area contributed by atoms with Gasteiger partial charge in [-0.2, -0.15) is 5.10 Å². The number of amides is 1. The standard InChI is InChI=1S/C18H14BrClN4O2S3/c19-13-3-6-15(25)12(7-13)8-21-22-16(26)10-28-18-24-23-17(29-18)27-9-11-1-4-14(20)5-2-11/h1-8,25H,9-10H2,(H,22,26)/b21-8+. The molecule has 6 nitrogen and oxygen atoms in total. The minimum absolute atomic E-state index is 0.164. The second-order valence-electron chi connectivity index (χ2n) is 5.56. The smallest absolute Gasteiger partial charge is 0.323 e. The zero-order valence-corrected chi connectivity index (χ0v) is 19.5. The summed E-state index contributed by atoms with van der Waals surface area (Å²) in [5.74, 6) is 0.525. The Bertz CT molecular complexity index is 1010. The Morgan fingerprint density at radius 2 is 2.10 bits per heavy atom. The minimum atomic E-state index is -0.278. The van der Waals surface area contributed by atoms with Crippen LogP contribution >= 0.6 is 62.4 Å². The van der Waals surface area contributed by atoms with Gasteiger partial charge in [0.05, 0.1) is 12.0 Å². The van der Waals surface area contributed by atoms with Gasteiger partial charge in [0, 0.05) is 20.3 Å². The molecule has 0 saturated heterocycles. The lowest BCUT2D eigenvalue weighted by atomic mass is 10.2. The number of hydrogen-bond donors (Lipinski definition) is 1. The van der Waals surface area contributed by atoms with Crippen LogP contribution < -0.4 is 15.6 Å². The minimum Gasteiger partial charge on any atom is -0.872 e. The maximum atomic E-state index is 11.9. The molecule has 0 fully saturated rings. The molecule has 1 heterocycles. The van der Waals surface area contributed by atoms with Crippen molar-refractivity contribution >= 4 is 74.5 Å². The highest BCUT2D eigenvalue weighted by Crippen LogP contribution is 2.28. The fourth-order valence-corrected chi connectivity index (χ4v) is 5.37. The van der Waals surface area contributed by atoms with Crippen molar-refractivity contribution in [3.8, 4) is 5.75 Å². The van der Waals surface area contributed by atoms with Crippen LogP contribution in [0.2, 0.25) is 5.02 Å².